The number of hydrogen-bond acceptors (Lipinski definition) is 2. The molecule has 1 aliphatic carbocycles. The molecule has 108 valence electrons. The van der Waals surface area contributed by atoms with Crippen LogP contribution in [-0.4, -0.2) is 6.03 Å². The Morgan fingerprint density at radius 2 is 1.86 bits per heavy atom. The van der Waals surface area contributed by atoms with Crippen molar-refractivity contribution < 1.29 is 4.79 Å². The Morgan fingerprint density at radius 1 is 1.14 bits per heavy atom. The lowest BCUT2D eigenvalue weighted by molar-refractivity contribution is 0.259. The summed E-state index contributed by atoms with van der Waals surface area (Å²) in [5.74, 6) is 0. The number of aryl methyl sites for hydroxylation is 2. The number of hydrogen-bond donors (Lipinski definition) is 3. The SMILES string of the molecule is Cc1ccc2c(c1)C(Nc1ccc(NC(N)=O)cc1)CC2. The third-order valence-electron chi connectivity index (χ3n) is 3.87. The Hall–Kier alpha value is -2.49. The normalized spacial score (nSPS) is 16.3. The summed E-state index contributed by atoms with van der Waals surface area (Å²) in [6.45, 7) is 2.12. The number of benzene rings is 2. The van der Waals surface area contributed by atoms with Gasteiger partial charge in [-0.3, -0.25) is 0 Å². The molecular weight excluding hydrogens is 262 g/mol. The van der Waals surface area contributed by atoms with Crippen LogP contribution in [0.25, 0.3) is 0 Å². The first-order chi connectivity index (χ1) is 10.1. The first-order valence-corrected chi connectivity index (χ1v) is 7.14. The van der Waals surface area contributed by atoms with Crippen LogP contribution >= 0.6 is 0 Å². The Labute approximate surface area is 124 Å². The van der Waals surface area contributed by atoms with Gasteiger partial charge in [0.2, 0.25) is 0 Å². The fraction of sp³-hybridized carbons (Fsp3) is 0.235. The summed E-state index contributed by atoms with van der Waals surface area (Å²) in [7, 11) is 0. The van der Waals surface area contributed by atoms with E-state index in [4.69, 9.17) is 5.73 Å². The average Bonchev–Trinajstić information content (AvgIpc) is 2.83. The molecule has 4 nitrogen and oxygen atoms in total. The van der Waals surface area contributed by atoms with Gasteiger partial charge in [-0.1, -0.05) is 23.8 Å². The molecule has 4 heteroatoms. The molecule has 4 N–H and O–H groups in total. The largest absolute Gasteiger partial charge is 0.378 e. The van der Waals surface area contributed by atoms with Gasteiger partial charge >= 0.3 is 6.03 Å². The van der Waals surface area contributed by atoms with Crippen molar-refractivity contribution in [3.63, 3.8) is 0 Å². The summed E-state index contributed by atoms with van der Waals surface area (Å²) < 4.78 is 0. The Bertz CT molecular complexity index is 664. The van der Waals surface area contributed by atoms with E-state index in [9.17, 15) is 4.79 Å². The first kappa shape index (κ1) is 13.5. The van der Waals surface area contributed by atoms with Gasteiger partial charge in [0.15, 0.2) is 0 Å². The minimum absolute atomic E-state index is 0.356. The van der Waals surface area contributed by atoms with Gasteiger partial charge in [0.25, 0.3) is 0 Å². The standard InChI is InChI=1S/C17H19N3O/c1-11-2-3-12-4-9-16(15(12)10-11)19-13-5-7-14(8-6-13)20-17(18)21/h2-3,5-8,10,16,19H,4,9H2,1H3,(H3,18,20,21). The van der Waals surface area contributed by atoms with Crippen LogP contribution in [0.5, 0.6) is 0 Å². The van der Waals surface area contributed by atoms with E-state index in [1.165, 1.54) is 16.7 Å². The summed E-state index contributed by atoms with van der Waals surface area (Å²) >= 11 is 0. The van der Waals surface area contributed by atoms with Gasteiger partial charge in [-0.15, -0.1) is 0 Å². The molecule has 2 aromatic rings. The number of urea groups is 1. The Kier molecular flexibility index (Phi) is 3.52. The van der Waals surface area contributed by atoms with Gasteiger partial charge in [0, 0.05) is 11.4 Å². The van der Waals surface area contributed by atoms with Crippen molar-refractivity contribution in [2.24, 2.45) is 5.73 Å². The van der Waals surface area contributed by atoms with E-state index in [1.807, 2.05) is 24.3 Å². The van der Waals surface area contributed by atoms with E-state index in [2.05, 4.69) is 35.8 Å². The molecule has 1 aliphatic rings. The summed E-state index contributed by atoms with van der Waals surface area (Å²) in [5, 5.41) is 6.12. The van der Waals surface area contributed by atoms with Gasteiger partial charge in [-0.2, -0.15) is 0 Å². The molecule has 2 aromatic carbocycles. The zero-order valence-electron chi connectivity index (χ0n) is 12.0. The Balaban J connectivity index is 1.74. The first-order valence-electron chi connectivity index (χ1n) is 7.14. The number of carbonyl (C=O) groups excluding carboxylic acids is 1. The highest BCUT2D eigenvalue weighted by atomic mass is 16.2. The lowest BCUT2D eigenvalue weighted by Crippen LogP contribution is -2.19. The molecule has 0 fully saturated rings. The molecule has 21 heavy (non-hydrogen) atoms. The number of nitrogens with two attached hydrogens (primary N) is 1. The second-order valence-electron chi connectivity index (χ2n) is 5.50. The third kappa shape index (κ3) is 2.99. The number of rotatable bonds is 3. The second-order valence-corrected chi connectivity index (χ2v) is 5.50. The molecule has 3 rings (SSSR count). The fourth-order valence-corrected chi connectivity index (χ4v) is 2.86. The van der Waals surface area contributed by atoms with Crippen molar-refractivity contribution in [2.45, 2.75) is 25.8 Å². The minimum Gasteiger partial charge on any atom is -0.378 e. The summed E-state index contributed by atoms with van der Waals surface area (Å²) in [6, 6.07) is 14.1. The van der Waals surface area contributed by atoms with Gasteiger partial charge < -0.3 is 16.4 Å². The van der Waals surface area contributed by atoms with Crippen LogP contribution in [0.15, 0.2) is 42.5 Å². The molecule has 0 saturated carbocycles. The molecule has 0 saturated heterocycles. The quantitative estimate of drug-likeness (QED) is 0.805. The van der Waals surface area contributed by atoms with E-state index >= 15 is 0 Å². The summed E-state index contributed by atoms with van der Waals surface area (Å²) in [6.07, 6.45) is 2.23. The maximum absolute atomic E-state index is 10.8. The molecule has 0 radical (unpaired) electrons. The van der Waals surface area contributed by atoms with E-state index in [1.54, 1.807) is 0 Å². The summed E-state index contributed by atoms with van der Waals surface area (Å²) in [5.41, 5.74) is 11.0. The molecule has 1 atom stereocenters. The van der Waals surface area contributed by atoms with Gasteiger partial charge in [0.1, 0.15) is 0 Å². The molecular formula is C17H19N3O. The van der Waals surface area contributed by atoms with Crippen molar-refractivity contribution >= 4 is 17.4 Å². The maximum atomic E-state index is 10.8. The van der Waals surface area contributed by atoms with Crippen LogP contribution in [0.3, 0.4) is 0 Å². The number of amides is 2. The predicted molar refractivity (Wildman–Crippen MR) is 85.5 cm³/mol. The Morgan fingerprint density at radius 3 is 2.57 bits per heavy atom. The van der Waals surface area contributed by atoms with Crippen LogP contribution in [0.4, 0.5) is 16.2 Å². The highest BCUT2D eigenvalue weighted by molar-refractivity contribution is 5.87. The molecule has 1 unspecified atom stereocenters. The van der Waals surface area contributed by atoms with Crippen molar-refractivity contribution in [3.8, 4) is 0 Å². The predicted octanol–water partition coefficient (Wildman–Crippen LogP) is 3.59. The maximum Gasteiger partial charge on any atom is 0.316 e. The van der Waals surface area contributed by atoms with Crippen molar-refractivity contribution in [3.05, 3.63) is 59.2 Å². The van der Waals surface area contributed by atoms with Crippen molar-refractivity contribution in [1.29, 1.82) is 0 Å². The average molecular weight is 281 g/mol. The van der Waals surface area contributed by atoms with Crippen LogP contribution in [-0.2, 0) is 6.42 Å². The van der Waals surface area contributed by atoms with E-state index < -0.39 is 6.03 Å². The van der Waals surface area contributed by atoms with Crippen LogP contribution in [0, 0.1) is 6.92 Å². The topological polar surface area (TPSA) is 67.2 Å². The molecule has 0 aliphatic heterocycles. The number of nitrogens with one attached hydrogen (secondary N) is 2. The van der Waals surface area contributed by atoms with Crippen LogP contribution in [0.2, 0.25) is 0 Å². The fourth-order valence-electron chi connectivity index (χ4n) is 2.86. The van der Waals surface area contributed by atoms with Crippen molar-refractivity contribution in [1.82, 2.24) is 0 Å². The van der Waals surface area contributed by atoms with Gasteiger partial charge in [-0.05, 0) is 55.2 Å². The third-order valence-corrected chi connectivity index (χ3v) is 3.87. The van der Waals surface area contributed by atoms with Crippen LogP contribution in [0.1, 0.15) is 29.2 Å². The van der Waals surface area contributed by atoms with Gasteiger partial charge in [0.05, 0.1) is 6.04 Å². The number of carbonyl (C=O) groups is 1. The van der Waals surface area contributed by atoms with Gasteiger partial charge in [-0.25, -0.2) is 4.79 Å². The van der Waals surface area contributed by atoms with E-state index in [-0.39, 0.29) is 0 Å². The highest BCUT2D eigenvalue weighted by Crippen LogP contribution is 2.34. The monoisotopic (exact) mass is 281 g/mol. The van der Waals surface area contributed by atoms with Crippen LogP contribution < -0.4 is 16.4 Å². The molecule has 0 spiro atoms. The highest BCUT2D eigenvalue weighted by Gasteiger charge is 2.22. The smallest absolute Gasteiger partial charge is 0.316 e. The molecule has 0 aromatic heterocycles. The van der Waals surface area contributed by atoms with Crippen molar-refractivity contribution in [2.75, 3.05) is 10.6 Å². The zero-order chi connectivity index (χ0) is 14.8. The number of primary amides is 1. The van der Waals surface area contributed by atoms with E-state index in [0.29, 0.717) is 11.7 Å². The summed E-state index contributed by atoms with van der Waals surface area (Å²) in [4.78, 5) is 10.8. The lowest BCUT2D eigenvalue weighted by Gasteiger charge is -2.16. The second kappa shape index (κ2) is 5.48. The molecule has 2 amide bonds. The molecule has 0 bridgehead atoms. The zero-order valence-corrected chi connectivity index (χ0v) is 12.0. The number of fused-ring (bicyclic) bond motifs is 1. The molecule has 0 heterocycles. The van der Waals surface area contributed by atoms with E-state index in [0.717, 1.165) is 18.5 Å². The number of anilines is 2. The lowest BCUT2D eigenvalue weighted by atomic mass is 10.0. The minimum atomic E-state index is -0.545.